The van der Waals surface area contributed by atoms with E-state index < -0.39 is 0 Å². The van der Waals surface area contributed by atoms with Gasteiger partial charge in [0.25, 0.3) is 0 Å². The fourth-order valence-corrected chi connectivity index (χ4v) is 1.67. The molecular weight excluding hydrogens is 216 g/mol. The number of carbonyl (C=O) groups excluding carboxylic acids is 1. The average Bonchev–Trinajstić information content (AvgIpc) is 3.11. The Balaban J connectivity index is 1.91. The third-order valence-corrected chi connectivity index (χ3v) is 2.67. The fourth-order valence-electron chi connectivity index (χ4n) is 1.67. The van der Waals surface area contributed by atoms with Gasteiger partial charge in [-0.2, -0.15) is 5.26 Å². The Morgan fingerprint density at radius 2 is 2.24 bits per heavy atom. The van der Waals surface area contributed by atoms with Gasteiger partial charge in [-0.05, 0) is 24.6 Å². The van der Waals surface area contributed by atoms with Crippen LogP contribution in [-0.2, 0) is 11.2 Å². The lowest BCUT2D eigenvalue weighted by atomic mass is 10.1. The van der Waals surface area contributed by atoms with Gasteiger partial charge < -0.3 is 9.64 Å². The molecule has 1 unspecified atom stereocenters. The van der Waals surface area contributed by atoms with E-state index in [1.807, 2.05) is 31.2 Å². The van der Waals surface area contributed by atoms with Gasteiger partial charge in [0.2, 0.25) is 5.91 Å². The van der Waals surface area contributed by atoms with Crippen LogP contribution in [0, 0.1) is 11.3 Å². The normalized spacial score (nSPS) is 17.4. The largest absolute Gasteiger partial charge is 0.494 e. The topological polar surface area (TPSA) is 53.1 Å². The van der Waals surface area contributed by atoms with Crippen molar-refractivity contribution in [2.24, 2.45) is 0 Å². The van der Waals surface area contributed by atoms with Crippen LogP contribution < -0.4 is 4.74 Å². The van der Waals surface area contributed by atoms with E-state index in [0.717, 1.165) is 11.3 Å². The third-order valence-electron chi connectivity index (χ3n) is 2.67. The van der Waals surface area contributed by atoms with Crippen molar-refractivity contribution in [3.63, 3.8) is 0 Å². The quantitative estimate of drug-likeness (QED) is 0.734. The average molecular weight is 230 g/mol. The summed E-state index contributed by atoms with van der Waals surface area (Å²) < 4.78 is 5.32. The maximum absolute atomic E-state index is 11.7. The molecule has 4 heteroatoms. The number of rotatable bonds is 4. The lowest BCUT2D eigenvalue weighted by Crippen LogP contribution is -2.15. The molecule has 2 rings (SSSR count). The van der Waals surface area contributed by atoms with Gasteiger partial charge in [-0.15, -0.1) is 0 Å². The number of amides is 1. The van der Waals surface area contributed by atoms with Crippen molar-refractivity contribution >= 4 is 5.91 Å². The number of hydrogen-bond donors (Lipinski definition) is 0. The van der Waals surface area contributed by atoms with Crippen LogP contribution in [0.25, 0.3) is 0 Å². The summed E-state index contributed by atoms with van der Waals surface area (Å²) in [6.45, 7) is 3.14. The Kier molecular flexibility index (Phi) is 3.29. The Morgan fingerprint density at radius 1 is 1.53 bits per heavy atom. The maximum Gasteiger partial charge on any atom is 0.228 e. The molecule has 0 aromatic heterocycles. The minimum Gasteiger partial charge on any atom is -0.494 e. The molecule has 0 radical (unpaired) electrons. The molecule has 0 spiro atoms. The number of nitrogens with zero attached hydrogens (tertiary/aromatic N) is 2. The molecule has 1 aromatic carbocycles. The Morgan fingerprint density at radius 3 is 2.76 bits per heavy atom. The van der Waals surface area contributed by atoms with Gasteiger partial charge in [0.15, 0.2) is 0 Å². The van der Waals surface area contributed by atoms with E-state index in [1.54, 1.807) is 4.90 Å². The SMILES string of the molecule is CCOc1ccc(CC(=O)N2CC2C#N)cc1. The molecule has 88 valence electrons. The van der Waals surface area contributed by atoms with Crippen LogP contribution in [0.5, 0.6) is 5.75 Å². The van der Waals surface area contributed by atoms with Crippen LogP contribution in [0.3, 0.4) is 0 Å². The first-order chi connectivity index (χ1) is 8.24. The second-order valence-corrected chi connectivity index (χ2v) is 3.94. The first-order valence-electron chi connectivity index (χ1n) is 5.65. The highest BCUT2D eigenvalue weighted by Crippen LogP contribution is 2.19. The standard InChI is InChI=1S/C13H14N2O2/c1-2-17-12-5-3-10(4-6-12)7-13(16)15-9-11(15)8-14/h3-6,11H,2,7,9H2,1H3. The second-order valence-electron chi connectivity index (χ2n) is 3.94. The van der Waals surface area contributed by atoms with Crippen molar-refractivity contribution in [2.45, 2.75) is 19.4 Å². The van der Waals surface area contributed by atoms with E-state index in [2.05, 4.69) is 6.07 Å². The van der Waals surface area contributed by atoms with Crippen molar-refractivity contribution in [1.82, 2.24) is 4.90 Å². The molecule has 1 heterocycles. The van der Waals surface area contributed by atoms with Gasteiger partial charge in [0.1, 0.15) is 11.8 Å². The van der Waals surface area contributed by atoms with E-state index in [4.69, 9.17) is 10.00 Å². The van der Waals surface area contributed by atoms with E-state index in [1.165, 1.54) is 0 Å². The molecule has 0 aliphatic carbocycles. The smallest absolute Gasteiger partial charge is 0.228 e. The van der Waals surface area contributed by atoms with Crippen molar-refractivity contribution < 1.29 is 9.53 Å². The molecule has 1 amide bonds. The molecule has 1 saturated heterocycles. The molecule has 4 nitrogen and oxygen atoms in total. The Bertz CT molecular complexity index is 447. The Labute approximate surface area is 100 Å². The zero-order chi connectivity index (χ0) is 12.3. The number of ether oxygens (including phenoxy) is 1. The van der Waals surface area contributed by atoms with Crippen LogP contribution >= 0.6 is 0 Å². The van der Waals surface area contributed by atoms with E-state index >= 15 is 0 Å². The van der Waals surface area contributed by atoms with Crippen molar-refractivity contribution in [2.75, 3.05) is 13.2 Å². The summed E-state index contributed by atoms with van der Waals surface area (Å²) in [6, 6.07) is 9.34. The minimum atomic E-state index is -0.204. The summed E-state index contributed by atoms with van der Waals surface area (Å²) in [4.78, 5) is 13.3. The van der Waals surface area contributed by atoms with Crippen molar-refractivity contribution in [3.05, 3.63) is 29.8 Å². The summed E-state index contributed by atoms with van der Waals surface area (Å²) in [5.41, 5.74) is 0.946. The van der Waals surface area contributed by atoms with E-state index in [-0.39, 0.29) is 11.9 Å². The van der Waals surface area contributed by atoms with Crippen LogP contribution in [0.15, 0.2) is 24.3 Å². The molecule has 1 atom stereocenters. The fraction of sp³-hybridized carbons (Fsp3) is 0.385. The second kappa shape index (κ2) is 4.88. The lowest BCUT2D eigenvalue weighted by Gasteiger charge is -2.05. The highest BCUT2D eigenvalue weighted by molar-refractivity contribution is 5.81. The molecule has 1 aromatic rings. The number of benzene rings is 1. The summed E-state index contributed by atoms with van der Waals surface area (Å²) in [5, 5.41) is 8.63. The van der Waals surface area contributed by atoms with Gasteiger partial charge in [0.05, 0.1) is 25.6 Å². The molecule has 0 bridgehead atoms. The van der Waals surface area contributed by atoms with Gasteiger partial charge in [-0.3, -0.25) is 4.79 Å². The van der Waals surface area contributed by atoms with Crippen LogP contribution in [0.1, 0.15) is 12.5 Å². The van der Waals surface area contributed by atoms with Crippen LogP contribution in [-0.4, -0.2) is 30.0 Å². The summed E-state index contributed by atoms with van der Waals surface area (Å²) >= 11 is 0. The van der Waals surface area contributed by atoms with Gasteiger partial charge in [0, 0.05) is 0 Å². The van der Waals surface area contributed by atoms with E-state index in [9.17, 15) is 4.79 Å². The third kappa shape index (κ3) is 2.76. The molecule has 0 N–H and O–H groups in total. The number of nitriles is 1. The van der Waals surface area contributed by atoms with Gasteiger partial charge in [-0.25, -0.2) is 0 Å². The monoisotopic (exact) mass is 230 g/mol. The van der Waals surface area contributed by atoms with Crippen molar-refractivity contribution in [1.29, 1.82) is 5.26 Å². The summed E-state index contributed by atoms with van der Waals surface area (Å²) in [6.07, 6.45) is 0.352. The zero-order valence-corrected chi connectivity index (χ0v) is 9.72. The number of hydrogen-bond acceptors (Lipinski definition) is 3. The Hall–Kier alpha value is -2.02. The molecule has 0 saturated carbocycles. The molecule has 17 heavy (non-hydrogen) atoms. The molecular formula is C13H14N2O2. The zero-order valence-electron chi connectivity index (χ0n) is 9.72. The number of carbonyl (C=O) groups is 1. The molecule has 1 aliphatic heterocycles. The molecule has 1 aliphatic rings. The van der Waals surface area contributed by atoms with Crippen molar-refractivity contribution in [3.8, 4) is 11.8 Å². The first-order valence-corrected chi connectivity index (χ1v) is 5.65. The summed E-state index contributed by atoms with van der Waals surface area (Å²) in [5.74, 6) is 0.825. The van der Waals surface area contributed by atoms with Crippen LogP contribution in [0.2, 0.25) is 0 Å². The predicted octanol–water partition coefficient (Wildman–Crippen LogP) is 1.36. The maximum atomic E-state index is 11.7. The highest BCUT2D eigenvalue weighted by atomic mass is 16.5. The minimum absolute atomic E-state index is 0.0145. The first kappa shape index (κ1) is 11.5. The van der Waals surface area contributed by atoms with Gasteiger partial charge >= 0.3 is 0 Å². The molecule has 1 fully saturated rings. The summed E-state index contributed by atoms with van der Waals surface area (Å²) in [7, 11) is 0. The van der Waals surface area contributed by atoms with E-state index in [0.29, 0.717) is 19.6 Å². The predicted molar refractivity (Wildman–Crippen MR) is 62.4 cm³/mol. The highest BCUT2D eigenvalue weighted by Gasteiger charge is 2.37. The lowest BCUT2D eigenvalue weighted by molar-refractivity contribution is -0.125. The van der Waals surface area contributed by atoms with Crippen LogP contribution in [0.4, 0.5) is 0 Å². The van der Waals surface area contributed by atoms with Gasteiger partial charge in [-0.1, -0.05) is 12.1 Å².